The fraction of sp³-hybridized carbons (Fsp3) is 0.438. The number of carbonyl (C=O) groups is 1. The molecule has 1 aliphatic heterocycles. The highest BCUT2D eigenvalue weighted by Gasteiger charge is 2.18. The average Bonchev–Trinajstić information content (AvgIpc) is 2.54. The van der Waals surface area contributed by atoms with Gasteiger partial charge in [0.2, 0.25) is 0 Å². The number of amides is 1. The van der Waals surface area contributed by atoms with Crippen LogP contribution in [-0.4, -0.2) is 48.9 Å². The second kappa shape index (κ2) is 8.44. The third-order valence-electron chi connectivity index (χ3n) is 3.41. The van der Waals surface area contributed by atoms with Crippen molar-refractivity contribution in [1.82, 2.24) is 10.2 Å². The first-order valence-electron chi connectivity index (χ1n) is 7.24. The Balaban J connectivity index is 1.72. The Morgan fingerprint density at radius 2 is 2.14 bits per heavy atom. The standard InChI is InChI=1S/C16H22N2O3/c19-11-8-17-12-14-6-9-18(10-7-14)16(20)21-13-15-4-2-1-3-5-15/h1-6,17,19H,7-13H2. The van der Waals surface area contributed by atoms with Crippen molar-refractivity contribution in [2.75, 3.05) is 32.8 Å². The molecule has 0 atom stereocenters. The number of aliphatic hydroxyl groups excluding tert-OH is 1. The molecule has 1 heterocycles. The molecule has 114 valence electrons. The van der Waals surface area contributed by atoms with E-state index in [1.54, 1.807) is 4.90 Å². The fourth-order valence-electron chi connectivity index (χ4n) is 2.18. The van der Waals surface area contributed by atoms with Crippen molar-refractivity contribution in [3.8, 4) is 0 Å². The minimum Gasteiger partial charge on any atom is -0.445 e. The molecule has 0 saturated carbocycles. The Morgan fingerprint density at radius 3 is 2.81 bits per heavy atom. The van der Waals surface area contributed by atoms with Crippen molar-refractivity contribution < 1.29 is 14.6 Å². The summed E-state index contributed by atoms with van der Waals surface area (Å²) in [6, 6.07) is 9.67. The monoisotopic (exact) mass is 290 g/mol. The van der Waals surface area contributed by atoms with Crippen LogP contribution in [0.5, 0.6) is 0 Å². The summed E-state index contributed by atoms with van der Waals surface area (Å²) >= 11 is 0. The molecule has 1 aromatic carbocycles. The van der Waals surface area contributed by atoms with Crippen LogP contribution in [0.15, 0.2) is 42.0 Å². The quantitative estimate of drug-likeness (QED) is 0.616. The molecule has 21 heavy (non-hydrogen) atoms. The molecule has 2 N–H and O–H groups in total. The van der Waals surface area contributed by atoms with Crippen LogP contribution in [-0.2, 0) is 11.3 Å². The number of carbonyl (C=O) groups excluding carboxylic acids is 1. The van der Waals surface area contributed by atoms with Crippen molar-refractivity contribution in [1.29, 1.82) is 0 Å². The van der Waals surface area contributed by atoms with Crippen LogP contribution in [0.25, 0.3) is 0 Å². The molecule has 2 rings (SSSR count). The van der Waals surface area contributed by atoms with Gasteiger partial charge in [-0.2, -0.15) is 0 Å². The summed E-state index contributed by atoms with van der Waals surface area (Å²) in [4.78, 5) is 13.7. The van der Waals surface area contributed by atoms with Crippen LogP contribution in [0.2, 0.25) is 0 Å². The molecular weight excluding hydrogens is 268 g/mol. The molecule has 0 aliphatic carbocycles. The number of hydrogen-bond acceptors (Lipinski definition) is 4. The van der Waals surface area contributed by atoms with E-state index < -0.39 is 0 Å². The molecule has 0 unspecified atom stereocenters. The third-order valence-corrected chi connectivity index (χ3v) is 3.41. The summed E-state index contributed by atoms with van der Waals surface area (Å²) in [7, 11) is 0. The molecule has 5 heteroatoms. The zero-order chi connectivity index (χ0) is 14.9. The molecule has 0 saturated heterocycles. The van der Waals surface area contributed by atoms with E-state index in [4.69, 9.17) is 9.84 Å². The molecule has 1 aromatic rings. The third kappa shape index (κ3) is 5.21. The van der Waals surface area contributed by atoms with Crippen molar-refractivity contribution in [3.63, 3.8) is 0 Å². The van der Waals surface area contributed by atoms with E-state index in [2.05, 4.69) is 11.4 Å². The normalized spacial score (nSPS) is 14.7. The predicted octanol–water partition coefficient (Wildman–Crippen LogP) is 1.54. The maximum atomic E-state index is 12.0. The molecule has 0 aromatic heterocycles. The van der Waals surface area contributed by atoms with E-state index in [-0.39, 0.29) is 12.7 Å². The summed E-state index contributed by atoms with van der Waals surface area (Å²) in [5.74, 6) is 0. The Kier molecular flexibility index (Phi) is 6.24. The van der Waals surface area contributed by atoms with E-state index in [1.165, 1.54) is 5.57 Å². The fourth-order valence-corrected chi connectivity index (χ4v) is 2.18. The summed E-state index contributed by atoms with van der Waals surface area (Å²) in [6.07, 6.45) is 2.63. The Hall–Kier alpha value is -1.85. The summed E-state index contributed by atoms with van der Waals surface area (Å²) in [6.45, 7) is 3.09. The lowest BCUT2D eigenvalue weighted by Crippen LogP contribution is -2.36. The lowest BCUT2D eigenvalue weighted by molar-refractivity contribution is 0.0989. The molecule has 0 radical (unpaired) electrons. The SMILES string of the molecule is O=C(OCc1ccccc1)N1CC=C(CNCCO)CC1. The molecule has 1 aliphatic rings. The van der Waals surface area contributed by atoms with Gasteiger partial charge < -0.3 is 20.1 Å². The minimum atomic E-state index is -0.266. The van der Waals surface area contributed by atoms with E-state index in [0.717, 1.165) is 18.5 Å². The van der Waals surface area contributed by atoms with E-state index in [0.29, 0.717) is 26.2 Å². The smallest absolute Gasteiger partial charge is 0.410 e. The van der Waals surface area contributed by atoms with Gasteiger partial charge in [-0.1, -0.05) is 42.0 Å². The molecule has 0 bridgehead atoms. The average molecular weight is 290 g/mol. The lowest BCUT2D eigenvalue weighted by Gasteiger charge is -2.26. The summed E-state index contributed by atoms with van der Waals surface area (Å²) < 4.78 is 5.31. The van der Waals surface area contributed by atoms with E-state index in [1.807, 2.05) is 30.3 Å². The van der Waals surface area contributed by atoms with Crippen molar-refractivity contribution >= 4 is 6.09 Å². The van der Waals surface area contributed by atoms with Gasteiger partial charge in [0.1, 0.15) is 6.61 Å². The van der Waals surface area contributed by atoms with Gasteiger partial charge in [-0.25, -0.2) is 4.79 Å². The minimum absolute atomic E-state index is 0.144. The van der Waals surface area contributed by atoms with Gasteiger partial charge in [0.25, 0.3) is 0 Å². The summed E-state index contributed by atoms with van der Waals surface area (Å²) in [5.41, 5.74) is 2.27. The van der Waals surface area contributed by atoms with Crippen LogP contribution in [0.3, 0.4) is 0 Å². The van der Waals surface area contributed by atoms with Gasteiger partial charge in [0, 0.05) is 26.2 Å². The maximum absolute atomic E-state index is 12.0. The second-order valence-corrected chi connectivity index (χ2v) is 5.00. The number of ether oxygens (including phenoxy) is 1. The number of hydrogen-bond donors (Lipinski definition) is 2. The Bertz CT molecular complexity index is 474. The first-order chi connectivity index (χ1) is 10.3. The molecular formula is C16H22N2O3. The highest BCUT2D eigenvalue weighted by atomic mass is 16.6. The van der Waals surface area contributed by atoms with Crippen molar-refractivity contribution in [3.05, 3.63) is 47.5 Å². The lowest BCUT2D eigenvalue weighted by atomic mass is 10.1. The summed E-state index contributed by atoms with van der Waals surface area (Å²) in [5, 5.41) is 11.9. The number of benzene rings is 1. The first-order valence-corrected chi connectivity index (χ1v) is 7.24. The van der Waals surface area contributed by atoms with E-state index >= 15 is 0 Å². The maximum Gasteiger partial charge on any atom is 0.410 e. The molecule has 0 fully saturated rings. The predicted molar refractivity (Wildman–Crippen MR) is 80.9 cm³/mol. The zero-order valence-corrected chi connectivity index (χ0v) is 12.1. The molecule has 5 nitrogen and oxygen atoms in total. The Morgan fingerprint density at radius 1 is 1.33 bits per heavy atom. The molecule has 0 spiro atoms. The van der Waals surface area contributed by atoms with Gasteiger partial charge in [-0.05, 0) is 12.0 Å². The highest BCUT2D eigenvalue weighted by molar-refractivity contribution is 5.68. The van der Waals surface area contributed by atoms with E-state index in [9.17, 15) is 4.79 Å². The second-order valence-electron chi connectivity index (χ2n) is 5.00. The van der Waals surface area contributed by atoms with Crippen LogP contribution in [0.4, 0.5) is 4.79 Å². The topological polar surface area (TPSA) is 61.8 Å². The van der Waals surface area contributed by atoms with Gasteiger partial charge >= 0.3 is 6.09 Å². The Labute approximate surface area is 125 Å². The number of nitrogens with zero attached hydrogens (tertiary/aromatic N) is 1. The van der Waals surface area contributed by atoms with Crippen LogP contribution in [0, 0.1) is 0 Å². The van der Waals surface area contributed by atoms with Crippen molar-refractivity contribution in [2.45, 2.75) is 13.0 Å². The van der Waals surface area contributed by atoms with Crippen LogP contribution in [0.1, 0.15) is 12.0 Å². The van der Waals surface area contributed by atoms with Gasteiger partial charge in [-0.15, -0.1) is 0 Å². The van der Waals surface area contributed by atoms with Gasteiger partial charge in [0.15, 0.2) is 0 Å². The number of nitrogens with one attached hydrogen (secondary N) is 1. The number of aliphatic hydroxyl groups is 1. The largest absolute Gasteiger partial charge is 0.445 e. The highest BCUT2D eigenvalue weighted by Crippen LogP contribution is 2.12. The molecule has 1 amide bonds. The van der Waals surface area contributed by atoms with Gasteiger partial charge in [-0.3, -0.25) is 0 Å². The van der Waals surface area contributed by atoms with Crippen LogP contribution < -0.4 is 5.32 Å². The first kappa shape index (κ1) is 15.5. The van der Waals surface area contributed by atoms with Crippen molar-refractivity contribution in [2.24, 2.45) is 0 Å². The van der Waals surface area contributed by atoms with Crippen LogP contribution >= 0.6 is 0 Å². The number of rotatable bonds is 6. The zero-order valence-electron chi connectivity index (χ0n) is 12.1. The van der Waals surface area contributed by atoms with Gasteiger partial charge in [0.05, 0.1) is 6.61 Å².